The van der Waals surface area contributed by atoms with Gasteiger partial charge < -0.3 is 4.42 Å². The Hall–Kier alpha value is -3.17. The van der Waals surface area contributed by atoms with Gasteiger partial charge in [-0.25, -0.2) is 0 Å². The summed E-state index contributed by atoms with van der Waals surface area (Å²) < 4.78 is 8.71. The van der Waals surface area contributed by atoms with Gasteiger partial charge >= 0.3 is 0 Å². The monoisotopic (exact) mass is 477 g/mol. The van der Waals surface area contributed by atoms with E-state index in [1.807, 2.05) is 17.5 Å². The van der Waals surface area contributed by atoms with Crippen molar-refractivity contribution in [2.45, 2.75) is 53.4 Å². The number of pyridine rings is 1. The van der Waals surface area contributed by atoms with Gasteiger partial charge in [-0.05, 0) is 71.3 Å². The van der Waals surface area contributed by atoms with Gasteiger partial charge in [0.1, 0.15) is 11.3 Å². The molecule has 0 aliphatic heterocycles. The summed E-state index contributed by atoms with van der Waals surface area (Å²) in [5.74, 6) is 1.63. The fourth-order valence-corrected chi connectivity index (χ4v) is 6.62. The third-order valence-electron chi connectivity index (χ3n) is 7.06. The molecule has 0 aliphatic carbocycles. The maximum Gasteiger partial charge on any atom is 0.136 e. The van der Waals surface area contributed by atoms with Gasteiger partial charge in [-0.2, -0.15) is 0 Å². The van der Waals surface area contributed by atoms with Crippen molar-refractivity contribution in [2.24, 2.45) is 5.92 Å². The van der Waals surface area contributed by atoms with E-state index in [1.54, 1.807) is 0 Å². The first-order valence-electron chi connectivity index (χ1n) is 12.5. The summed E-state index contributed by atoms with van der Waals surface area (Å²) in [6.07, 6.45) is 3.00. The van der Waals surface area contributed by atoms with Crippen LogP contribution >= 0.6 is 11.3 Å². The summed E-state index contributed by atoms with van der Waals surface area (Å²) in [6, 6.07) is 20.1. The SMILES string of the molecule is Cc1oc2cc3sc4c(-c5cc(C(C)(C)C)c6ccccc6c5)nccc4c3cc2c1CC(C)C. The fraction of sp³-hybridized carbons (Fsp3) is 0.281. The maximum absolute atomic E-state index is 6.21. The Morgan fingerprint density at radius 3 is 2.49 bits per heavy atom. The molecular formula is C32H31NOS. The van der Waals surface area contributed by atoms with Gasteiger partial charge in [0.05, 0.1) is 10.4 Å². The molecule has 0 unspecified atom stereocenters. The molecule has 0 radical (unpaired) electrons. The summed E-state index contributed by atoms with van der Waals surface area (Å²) in [7, 11) is 0. The Kier molecular flexibility index (Phi) is 5.05. The number of nitrogens with zero attached hydrogens (tertiary/aromatic N) is 1. The van der Waals surface area contributed by atoms with Crippen LogP contribution in [0.4, 0.5) is 0 Å². The van der Waals surface area contributed by atoms with Crippen LogP contribution < -0.4 is 0 Å². The Labute approximate surface area is 210 Å². The van der Waals surface area contributed by atoms with E-state index in [1.165, 1.54) is 53.0 Å². The number of thiophene rings is 1. The van der Waals surface area contributed by atoms with E-state index in [4.69, 9.17) is 9.40 Å². The molecule has 2 nitrogen and oxygen atoms in total. The predicted octanol–water partition coefficient (Wildman–Crippen LogP) is 9.82. The minimum absolute atomic E-state index is 0.0405. The number of aromatic nitrogens is 1. The molecule has 0 N–H and O–H groups in total. The topological polar surface area (TPSA) is 26.0 Å². The largest absolute Gasteiger partial charge is 0.461 e. The number of hydrogen-bond acceptors (Lipinski definition) is 3. The minimum Gasteiger partial charge on any atom is -0.461 e. The first-order chi connectivity index (χ1) is 16.7. The van der Waals surface area contributed by atoms with Crippen LogP contribution in [0.2, 0.25) is 0 Å². The lowest BCUT2D eigenvalue weighted by molar-refractivity contribution is 0.560. The molecule has 6 rings (SSSR count). The smallest absolute Gasteiger partial charge is 0.136 e. The molecule has 176 valence electrons. The average Bonchev–Trinajstić information content (AvgIpc) is 3.32. The van der Waals surface area contributed by atoms with Crippen LogP contribution in [0.15, 0.2) is 65.2 Å². The Bertz CT molecular complexity index is 1740. The molecule has 3 aromatic carbocycles. The summed E-state index contributed by atoms with van der Waals surface area (Å²) in [5.41, 5.74) is 5.99. The van der Waals surface area contributed by atoms with E-state index >= 15 is 0 Å². The number of rotatable bonds is 3. The quantitative estimate of drug-likeness (QED) is 0.253. The molecule has 0 aliphatic rings. The summed E-state index contributed by atoms with van der Waals surface area (Å²) >= 11 is 1.82. The minimum atomic E-state index is 0.0405. The van der Waals surface area contributed by atoms with Crippen LogP contribution in [0.5, 0.6) is 0 Å². The molecular weight excluding hydrogens is 446 g/mol. The van der Waals surface area contributed by atoms with E-state index in [0.29, 0.717) is 5.92 Å². The zero-order valence-electron chi connectivity index (χ0n) is 21.3. The molecule has 35 heavy (non-hydrogen) atoms. The van der Waals surface area contributed by atoms with Crippen molar-refractivity contribution in [1.82, 2.24) is 4.98 Å². The molecule has 0 saturated heterocycles. The Balaban J connectivity index is 1.62. The highest BCUT2D eigenvalue weighted by Crippen LogP contribution is 2.43. The Morgan fingerprint density at radius 1 is 0.914 bits per heavy atom. The predicted molar refractivity (Wildman–Crippen MR) is 152 cm³/mol. The normalized spacial score (nSPS) is 12.7. The molecule has 3 aromatic heterocycles. The van der Waals surface area contributed by atoms with Crippen molar-refractivity contribution in [3.63, 3.8) is 0 Å². The van der Waals surface area contributed by atoms with Crippen molar-refractivity contribution in [3.05, 3.63) is 77.7 Å². The van der Waals surface area contributed by atoms with Gasteiger partial charge in [0.25, 0.3) is 0 Å². The first-order valence-corrected chi connectivity index (χ1v) is 13.3. The highest BCUT2D eigenvalue weighted by Gasteiger charge is 2.21. The van der Waals surface area contributed by atoms with Gasteiger partial charge in [-0.1, -0.05) is 58.9 Å². The number of furan rings is 1. The molecule has 6 aromatic rings. The third-order valence-corrected chi connectivity index (χ3v) is 8.23. The van der Waals surface area contributed by atoms with Crippen molar-refractivity contribution in [1.29, 1.82) is 0 Å². The van der Waals surface area contributed by atoms with Gasteiger partial charge in [0.2, 0.25) is 0 Å². The van der Waals surface area contributed by atoms with Crippen LogP contribution in [0.25, 0.3) is 53.2 Å². The number of fused-ring (bicyclic) bond motifs is 5. The lowest BCUT2D eigenvalue weighted by atomic mass is 9.82. The lowest BCUT2D eigenvalue weighted by Gasteiger charge is -2.22. The maximum atomic E-state index is 6.21. The van der Waals surface area contributed by atoms with Gasteiger partial charge in [0.15, 0.2) is 0 Å². The highest BCUT2D eigenvalue weighted by atomic mass is 32.1. The molecule has 0 atom stereocenters. The third kappa shape index (κ3) is 3.65. The van der Waals surface area contributed by atoms with E-state index in [2.05, 4.69) is 96.1 Å². The van der Waals surface area contributed by atoms with Crippen LogP contribution in [-0.4, -0.2) is 4.98 Å². The Morgan fingerprint density at radius 2 is 1.71 bits per heavy atom. The zero-order valence-corrected chi connectivity index (χ0v) is 22.1. The van der Waals surface area contributed by atoms with E-state index in [-0.39, 0.29) is 5.41 Å². The van der Waals surface area contributed by atoms with Crippen molar-refractivity contribution in [3.8, 4) is 11.3 Å². The second-order valence-electron chi connectivity index (χ2n) is 11.2. The van der Waals surface area contributed by atoms with E-state index in [9.17, 15) is 0 Å². The average molecular weight is 478 g/mol. The number of hydrogen-bond donors (Lipinski definition) is 0. The standard InChI is InChI=1S/C32H31NOS/c1-18(2)13-24-19(3)34-28-17-29-26(16-25(24)28)23-11-12-33-30(31(23)35-29)21-14-20-9-7-8-10-22(20)27(15-21)32(4,5)6/h7-12,14-18H,13H2,1-6H3. The second-order valence-corrected chi connectivity index (χ2v) is 12.3. The first kappa shape index (κ1) is 22.3. The lowest BCUT2D eigenvalue weighted by Crippen LogP contribution is -2.12. The van der Waals surface area contributed by atoms with Gasteiger partial charge in [-0.3, -0.25) is 4.98 Å². The number of aryl methyl sites for hydroxylation is 1. The van der Waals surface area contributed by atoms with E-state index < -0.39 is 0 Å². The second kappa shape index (κ2) is 7.93. The molecule has 0 spiro atoms. The van der Waals surface area contributed by atoms with Gasteiger partial charge in [0, 0.05) is 38.2 Å². The molecule has 0 amide bonds. The van der Waals surface area contributed by atoms with Crippen molar-refractivity contribution in [2.75, 3.05) is 0 Å². The van der Waals surface area contributed by atoms with Crippen molar-refractivity contribution >= 4 is 53.3 Å². The number of benzene rings is 3. The van der Waals surface area contributed by atoms with Crippen molar-refractivity contribution < 1.29 is 4.42 Å². The van der Waals surface area contributed by atoms with Crippen LogP contribution in [0, 0.1) is 12.8 Å². The molecule has 3 heterocycles. The molecule has 0 saturated carbocycles. The zero-order chi connectivity index (χ0) is 24.5. The summed E-state index contributed by atoms with van der Waals surface area (Å²) in [5, 5.41) is 6.41. The fourth-order valence-electron chi connectivity index (χ4n) is 5.40. The van der Waals surface area contributed by atoms with E-state index in [0.717, 1.165) is 23.5 Å². The molecule has 0 bridgehead atoms. The van der Waals surface area contributed by atoms with Crippen LogP contribution in [0.3, 0.4) is 0 Å². The summed E-state index contributed by atoms with van der Waals surface area (Å²) in [6.45, 7) is 13.5. The van der Waals surface area contributed by atoms with Crippen LogP contribution in [0.1, 0.15) is 51.5 Å². The highest BCUT2D eigenvalue weighted by molar-refractivity contribution is 7.26. The molecule has 0 fully saturated rings. The van der Waals surface area contributed by atoms with Crippen LogP contribution in [-0.2, 0) is 11.8 Å². The molecule has 3 heteroatoms. The van der Waals surface area contributed by atoms with Gasteiger partial charge in [-0.15, -0.1) is 11.3 Å². The summed E-state index contributed by atoms with van der Waals surface area (Å²) in [4.78, 5) is 4.92.